The molecular formula is C25H23BrClNO6S. The molecule has 0 unspecified atom stereocenters. The molecule has 0 radical (unpaired) electrons. The van der Waals surface area contributed by atoms with Crippen molar-refractivity contribution in [3.05, 3.63) is 73.3 Å². The lowest BCUT2D eigenvalue weighted by Crippen LogP contribution is -2.14. The van der Waals surface area contributed by atoms with Crippen molar-refractivity contribution in [1.29, 1.82) is 0 Å². The van der Waals surface area contributed by atoms with E-state index in [2.05, 4.69) is 20.9 Å². The molecular weight excluding hydrogens is 558 g/mol. The second-order valence-electron chi connectivity index (χ2n) is 6.94. The molecule has 0 aliphatic carbocycles. The van der Waals surface area contributed by atoms with Crippen LogP contribution in [0.5, 0.6) is 11.5 Å². The smallest absolute Gasteiger partial charge is 0.344 e. The summed E-state index contributed by atoms with van der Waals surface area (Å²) in [7, 11) is 0. The predicted octanol–water partition coefficient (Wildman–Crippen LogP) is 6.60. The van der Waals surface area contributed by atoms with E-state index in [4.69, 9.17) is 25.8 Å². The summed E-state index contributed by atoms with van der Waals surface area (Å²) in [4.78, 5) is 29.8. The topological polar surface area (TPSA) is 94.4 Å². The van der Waals surface area contributed by atoms with Crippen LogP contribution in [-0.2, 0) is 9.53 Å². The number of aliphatic hydroxyl groups excluding tert-OH is 1. The fraction of sp³-hybridized carbons (Fsp3) is 0.240. The van der Waals surface area contributed by atoms with E-state index in [1.54, 1.807) is 43.3 Å². The van der Waals surface area contributed by atoms with Gasteiger partial charge in [-0.05, 0) is 56.7 Å². The molecule has 7 nitrogen and oxygen atoms in total. The molecule has 2 aromatic rings. The Morgan fingerprint density at radius 3 is 2.37 bits per heavy atom. The van der Waals surface area contributed by atoms with E-state index in [-0.39, 0.29) is 33.6 Å². The zero-order chi connectivity index (χ0) is 25.5. The van der Waals surface area contributed by atoms with Crippen LogP contribution >= 0.6 is 39.3 Å². The number of hydrogen-bond donors (Lipinski definition) is 1. The summed E-state index contributed by atoms with van der Waals surface area (Å²) in [5.41, 5.74) is 0.654. The third-order valence-corrected chi connectivity index (χ3v) is 6.66. The first-order valence-corrected chi connectivity index (χ1v) is 12.8. The highest BCUT2D eigenvalue weighted by Crippen LogP contribution is 2.42. The molecule has 184 valence electrons. The van der Waals surface area contributed by atoms with Gasteiger partial charge in [0.25, 0.3) is 5.91 Å². The molecule has 1 N–H and O–H groups in total. The minimum atomic E-state index is -0.785. The number of carbonyl (C=O) groups excluding carboxylic acids is 2. The van der Waals surface area contributed by atoms with Gasteiger partial charge < -0.3 is 19.3 Å². The highest BCUT2D eigenvalue weighted by Gasteiger charge is 2.34. The van der Waals surface area contributed by atoms with Crippen LogP contribution in [0.2, 0.25) is 5.02 Å². The number of aliphatic imine (C=N–C) groups is 1. The van der Waals surface area contributed by atoms with Crippen LogP contribution < -0.4 is 9.47 Å². The van der Waals surface area contributed by atoms with Crippen LogP contribution in [0, 0.1) is 0 Å². The molecule has 0 saturated carbocycles. The summed E-state index contributed by atoms with van der Waals surface area (Å²) in [6.45, 7) is 6.38. The molecule has 1 heterocycles. The Morgan fingerprint density at radius 1 is 1.09 bits per heavy atom. The van der Waals surface area contributed by atoms with Gasteiger partial charge in [0.15, 0.2) is 11.5 Å². The molecule has 0 saturated heterocycles. The Balaban J connectivity index is 2.07. The van der Waals surface area contributed by atoms with Gasteiger partial charge in [-0.15, -0.1) is 0 Å². The molecule has 35 heavy (non-hydrogen) atoms. The molecule has 2 aromatic carbocycles. The van der Waals surface area contributed by atoms with E-state index in [9.17, 15) is 14.7 Å². The number of carbonyl (C=O) groups is 2. The summed E-state index contributed by atoms with van der Waals surface area (Å²) < 4.78 is 17.1. The number of rotatable bonds is 8. The first-order valence-electron chi connectivity index (χ1n) is 10.8. The van der Waals surface area contributed by atoms with Crippen LogP contribution in [-0.4, -0.2) is 41.8 Å². The third-order valence-electron chi connectivity index (χ3n) is 4.63. The second-order valence-corrected chi connectivity index (χ2v) is 9.24. The van der Waals surface area contributed by atoms with Crippen LogP contribution in [0.25, 0.3) is 6.08 Å². The summed E-state index contributed by atoms with van der Waals surface area (Å²) in [6, 6.07) is 9.98. The average Bonchev–Trinajstić information content (AvgIpc) is 3.11. The highest BCUT2D eigenvalue weighted by molar-refractivity contribution is 9.10. The van der Waals surface area contributed by atoms with E-state index < -0.39 is 11.9 Å². The number of aliphatic hydroxyl groups is 1. The molecule has 1 aliphatic rings. The summed E-state index contributed by atoms with van der Waals surface area (Å²) in [5, 5.41) is 11.2. The molecule has 1 amide bonds. The van der Waals surface area contributed by atoms with Gasteiger partial charge in [-0.1, -0.05) is 51.4 Å². The number of amides is 1. The molecule has 0 fully saturated rings. The largest absolute Gasteiger partial charge is 0.506 e. The first-order chi connectivity index (χ1) is 16.8. The number of ether oxygens (including phenoxy) is 3. The highest BCUT2D eigenvalue weighted by atomic mass is 79.9. The Labute approximate surface area is 220 Å². The van der Waals surface area contributed by atoms with Crippen molar-refractivity contribution in [2.45, 2.75) is 20.8 Å². The first kappa shape index (κ1) is 26.8. The maximum absolute atomic E-state index is 12.8. The van der Waals surface area contributed by atoms with Crippen molar-refractivity contribution >= 4 is 62.3 Å². The quantitative estimate of drug-likeness (QED) is 0.352. The van der Waals surface area contributed by atoms with E-state index in [1.807, 2.05) is 13.8 Å². The SMILES string of the molecule is CCOC(=O)C1=C(O)/C(=C/c2cc(OCC)c(OCC)cc2Br)SC1=NC(=O)c1ccccc1Cl. The molecule has 0 atom stereocenters. The molecule has 1 aliphatic heterocycles. The minimum Gasteiger partial charge on any atom is -0.506 e. The van der Waals surface area contributed by atoms with Crippen molar-refractivity contribution in [3.63, 3.8) is 0 Å². The molecule has 3 rings (SSSR count). The van der Waals surface area contributed by atoms with Crippen LogP contribution in [0.15, 0.2) is 62.1 Å². The molecule has 0 bridgehead atoms. The summed E-state index contributed by atoms with van der Waals surface area (Å²) >= 11 is 10.6. The third kappa shape index (κ3) is 6.28. The van der Waals surface area contributed by atoms with Gasteiger partial charge in [-0.25, -0.2) is 9.79 Å². The van der Waals surface area contributed by atoms with Crippen LogP contribution in [0.4, 0.5) is 0 Å². The Hall–Kier alpha value is -2.75. The van der Waals surface area contributed by atoms with Crippen LogP contribution in [0.1, 0.15) is 36.7 Å². The number of halogens is 2. The van der Waals surface area contributed by atoms with E-state index in [0.717, 1.165) is 11.8 Å². The van der Waals surface area contributed by atoms with Gasteiger partial charge in [0, 0.05) is 4.47 Å². The fourth-order valence-corrected chi connectivity index (χ4v) is 4.78. The molecule has 0 aromatic heterocycles. The van der Waals surface area contributed by atoms with E-state index in [0.29, 0.717) is 39.7 Å². The van der Waals surface area contributed by atoms with Crippen molar-refractivity contribution < 1.29 is 28.9 Å². The fourth-order valence-electron chi connectivity index (χ4n) is 3.12. The van der Waals surface area contributed by atoms with Gasteiger partial charge in [-0.3, -0.25) is 4.79 Å². The minimum absolute atomic E-state index is 0.0178. The number of benzene rings is 2. The van der Waals surface area contributed by atoms with E-state index in [1.165, 1.54) is 6.07 Å². The number of esters is 1. The standard InChI is InChI=1S/C25H23BrClNO6S/c1-4-32-18-11-14(16(26)13-19(18)33-5-2)12-20-22(29)21(25(31)34-6-3)24(35-20)28-23(30)15-9-7-8-10-17(15)27/h7-13,29H,4-6H2,1-3H3/b20-12-,28-24?. The zero-order valence-electron chi connectivity index (χ0n) is 19.3. The van der Waals surface area contributed by atoms with Gasteiger partial charge >= 0.3 is 5.97 Å². The summed E-state index contributed by atoms with van der Waals surface area (Å²) in [6.07, 6.45) is 1.66. The maximum Gasteiger partial charge on any atom is 0.344 e. The lowest BCUT2D eigenvalue weighted by Gasteiger charge is -2.13. The van der Waals surface area contributed by atoms with Gasteiger partial charge in [0.05, 0.1) is 35.3 Å². The van der Waals surface area contributed by atoms with Crippen molar-refractivity contribution in [2.75, 3.05) is 19.8 Å². The Morgan fingerprint density at radius 2 is 1.74 bits per heavy atom. The maximum atomic E-state index is 12.8. The van der Waals surface area contributed by atoms with Crippen molar-refractivity contribution in [3.8, 4) is 11.5 Å². The van der Waals surface area contributed by atoms with Gasteiger partial charge in [-0.2, -0.15) is 0 Å². The van der Waals surface area contributed by atoms with Crippen LogP contribution in [0.3, 0.4) is 0 Å². The Kier molecular flexibility index (Phi) is 9.42. The van der Waals surface area contributed by atoms with Crippen molar-refractivity contribution in [1.82, 2.24) is 0 Å². The second kappa shape index (κ2) is 12.3. The number of nitrogens with zero attached hydrogens (tertiary/aromatic N) is 1. The lowest BCUT2D eigenvalue weighted by molar-refractivity contribution is -0.138. The number of hydrogen-bond acceptors (Lipinski definition) is 7. The van der Waals surface area contributed by atoms with Gasteiger partial charge in [0.1, 0.15) is 16.4 Å². The monoisotopic (exact) mass is 579 g/mol. The number of thioether (sulfide) groups is 1. The van der Waals surface area contributed by atoms with Gasteiger partial charge in [0.2, 0.25) is 0 Å². The van der Waals surface area contributed by atoms with Crippen molar-refractivity contribution in [2.24, 2.45) is 4.99 Å². The molecule has 10 heteroatoms. The molecule has 0 spiro atoms. The lowest BCUT2D eigenvalue weighted by atomic mass is 10.1. The normalized spacial score (nSPS) is 15.6. The Bertz CT molecular complexity index is 1240. The summed E-state index contributed by atoms with van der Waals surface area (Å²) in [5.74, 6) is -0.661. The zero-order valence-corrected chi connectivity index (χ0v) is 22.4. The predicted molar refractivity (Wildman–Crippen MR) is 142 cm³/mol. The average molecular weight is 581 g/mol. The van der Waals surface area contributed by atoms with E-state index >= 15 is 0 Å².